The molecule has 1 N–H and O–H groups in total. The summed E-state index contributed by atoms with van der Waals surface area (Å²) in [5.41, 5.74) is 2.27. The Morgan fingerprint density at radius 2 is 1.16 bits per heavy atom. The van der Waals surface area contributed by atoms with Crippen LogP contribution >= 0.6 is 7.60 Å². The van der Waals surface area contributed by atoms with Gasteiger partial charge < -0.3 is 14.4 Å². The van der Waals surface area contributed by atoms with Gasteiger partial charge in [-0.3, -0.25) is 0 Å². The molecule has 3 aromatic carbocycles. The molecular formula is C25H24N3O3P. The first kappa shape index (κ1) is 21.6. The van der Waals surface area contributed by atoms with Crippen molar-refractivity contribution in [3.8, 4) is 11.5 Å². The molecule has 7 heteroatoms. The van der Waals surface area contributed by atoms with E-state index in [-0.39, 0.29) is 0 Å². The summed E-state index contributed by atoms with van der Waals surface area (Å²) in [6, 6.07) is 29.3. The van der Waals surface area contributed by atoms with Gasteiger partial charge in [0, 0.05) is 17.1 Å². The molecular weight excluding hydrogens is 421 g/mol. The maximum Gasteiger partial charge on any atom is 0.460 e. The van der Waals surface area contributed by atoms with Crippen molar-refractivity contribution >= 4 is 13.3 Å². The highest BCUT2D eigenvalue weighted by atomic mass is 31.2. The summed E-state index contributed by atoms with van der Waals surface area (Å²) >= 11 is 0. The number of benzene rings is 3. The highest BCUT2D eigenvalue weighted by Gasteiger charge is 2.43. The predicted molar refractivity (Wildman–Crippen MR) is 126 cm³/mol. The summed E-state index contributed by atoms with van der Waals surface area (Å²) in [5, 5.41) is 3.29. The van der Waals surface area contributed by atoms with Crippen molar-refractivity contribution in [2.24, 2.45) is 0 Å². The lowest BCUT2D eigenvalue weighted by molar-refractivity contribution is 0.374. The van der Waals surface area contributed by atoms with E-state index in [2.05, 4.69) is 15.3 Å². The molecule has 32 heavy (non-hydrogen) atoms. The van der Waals surface area contributed by atoms with Gasteiger partial charge in [0.25, 0.3) is 0 Å². The highest BCUT2D eigenvalue weighted by molar-refractivity contribution is 7.55. The molecule has 0 fully saturated rings. The standard InChI is InChI=1S/C25H24N3O3P/c1-19-18-20(2)27-24(26-19)25(28-21-12-6-3-7-13-21)32(29,30-22-14-8-4-9-15-22)31-23-16-10-5-11-17-23/h3-18,25,28H,1-2H3. The van der Waals surface area contributed by atoms with Crippen LogP contribution in [-0.4, -0.2) is 9.97 Å². The van der Waals surface area contributed by atoms with Gasteiger partial charge in [-0.2, -0.15) is 0 Å². The van der Waals surface area contributed by atoms with Crippen molar-refractivity contribution in [3.63, 3.8) is 0 Å². The Kier molecular flexibility index (Phi) is 6.52. The third-order valence-corrected chi connectivity index (χ3v) is 6.51. The number of rotatable bonds is 8. The Bertz CT molecular complexity index is 1140. The van der Waals surface area contributed by atoms with E-state index in [0.717, 1.165) is 17.1 Å². The Morgan fingerprint density at radius 3 is 1.62 bits per heavy atom. The van der Waals surface area contributed by atoms with Gasteiger partial charge in [-0.05, 0) is 56.3 Å². The van der Waals surface area contributed by atoms with Crippen LogP contribution in [-0.2, 0) is 4.57 Å². The van der Waals surface area contributed by atoms with E-state index in [1.165, 1.54) is 0 Å². The van der Waals surface area contributed by atoms with E-state index in [9.17, 15) is 4.57 Å². The summed E-state index contributed by atoms with van der Waals surface area (Å²) < 4.78 is 26.6. The number of nitrogens with one attached hydrogen (secondary N) is 1. The quantitative estimate of drug-likeness (QED) is 0.310. The normalized spacial score (nSPS) is 12.1. The molecule has 0 saturated carbocycles. The maximum absolute atomic E-state index is 14.5. The second-order valence-corrected chi connectivity index (χ2v) is 9.23. The van der Waals surface area contributed by atoms with Gasteiger partial charge in [0.1, 0.15) is 11.5 Å². The fourth-order valence-electron chi connectivity index (χ4n) is 3.23. The lowest BCUT2D eigenvalue weighted by Gasteiger charge is -2.28. The monoisotopic (exact) mass is 445 g/mol. The molecule has 0 aliphatic rings. The minimum absolute atomic E-state index is 0.335. The van der Waals surface area contributed by atoms with Crippen LogP contribution in [0, 0.1) is 13.8 Å². The first-order valence-electron chi connectivity index (χ1n) is 10.2. The van der Waals surface area contributed by atoms with Crippen LogP contribution in [0.5, 0.6) is 11.5 Å². The first-order chi connectivity index (χ1) is 15.5. The summed E-state index contributed by atoms with van der Waals surface area (Å²) in [4.78, 5) is 9.15. The van der Waals surface area contributed by atoms with Crippen molar-refractivity contribution in [3.05, 3.63) is 114 Å². The molecule has 0 radical (unpaired) electrons. The molecule has 1 aromatic heterocycles. The Labute approximate surface area is 187 Å². The summed E-state index contributed by atoms with van der Waals surface area (Å²) in [7, 11) is -3.94. The van der Waals surface area contributed by atoms with Crippen molar-refractivity contribution in [2.45, 2.75) is 19.6 Å². The minimum atomic E-state index is -3.94. The van der Waals surface area contributed by atoms with Crippen LogP contribution in [0.3, 0.4) is 0 Å². The Balaban J connectivity index is 1.83. The second kappa shape index (κ2) is 9.67. The molecule has 162 valence electrons. The molecule has 4 rings (SSSR count). The van der Waals surface area contributed by atoms with E-state index < -0.39 is 13.4 Å². The van der Waals surface area contributed by atoms with E-state index in [1.54, 1.807) is 24.3 Å². The van der Waals surface area contributed by atoms with Crippen LogP contribution in [0.1, 0.15) is 23.0 Å². The molecule has 0 aliphatic carbocycles. The summed E-state index contributed by atoms with van der Waals surface area (Å²) in [6.45, 7) is 3.75. The largest absolute Gasteiger partial charge is 0.460 e. The number of anilines is 1. The van der Waals surface area contributed by atoms with Crippen LogP contribution in [0.25, 0.3) is 0 Å². The van der Waals surface area contributed by atoms with Gasteiger partial charge in [0.2, 0.25) is 5.78 Å². The number of para-hydroxylation sites is 3. The van der Waals surface area contributed by atoms with Crippen molar-refractivity contribution in [2.75, 3.05) is 5.32 Å². The SMILES string of the molecule is Cc1cc(C)nc(C(Nc2ccccc2)P(=O)(Oc2ccccc2)Oc2ccccc2)n1. The zero-order chi connectivity index (χ0) is 22.4. The number of nitrogens with zero attached hydrogens (tertiary/aromatic N) is 2. The smallest absolute Gasteiger partial charge is 0.414 e. The molecule has 6 nitrogen and oxygen atoms in total. The molecule has 0 aliphatic heterocycles. The maximum atomic E-state index is 14.5. The summed E-state index contributed by atoms with van der Waals surface area (Å²) in [6.07, 6.45) is 0. The number of aromatic nitrogens is 2. The third kappa shape index (κ3) is 5.34. The lowest BCUT2D eigenvalue weighted by Crippen LogP contribution is -2.21. The molecule has 1 heterocycles. The van der Waals surface area contributed by atoms with Gasteiger partial charge in [-0.25, -0.2) is 14.5 Å². The Hall–Kier alpha value is -3.63. The van der Waals surface area contributed by atoms with Gasteiger partial charge >= 0.3 is 7.60 Å². The average molecular weight is 445 g/mol. The number of hydrogen-bond donors (Lipinski definition) is 1. The Morgan fingerprint density at radius 1 is 0.719 bits per heavy atom. The zero-order valence-corrected chi connectivity index (χ0v) is 18.8. The number of hydrogen-bond acceptors (Lipinski definition) is 6. The van der Waals surface area contributed by atoms with Crippen molar-refractivity contribution in [1.29, 1.82) is 0 Å². The van der Waals surface area contributed by atoms with Gasteiger partial charge in [0.15, 0.2) is 5.82 Å². The third-order valence-electron chi connectivity index (χ3n) is 4.59. The van der Waals surface area contributed by atoms with Gasteiger partial charge in [-0.1, -0.05) is 54.6 Å². The van der Waals surface area contributed by atoms with Crippen molar-refractivity contribution < 1.29 is 13.6 Å². The fraction of sp³-hybridized carbons (Fsp3) is 0.120. The average Bonchev–Trinajstić information content (AvgIpc) is 2.79. The van der Waals surface area contributed by atoms with Gasteiger partial charge in [0.05, 0.1) is 0 Å². The van der Waals surface area contributed by atoms with E-state index in [1.807, 2.05) is 86.6 Å². The summed E-state index contributed by atoms with van der Waals surface area (Å²) in [5.74, 6) is 0.234. The molecule has 0 spiro atoms. The molecule has 4 aromatic rings. The molecule has 1 atom stereocenters. The second-order valence-electron chi connectivity index (χ2n) is 7.27. The highest BCUT2D eigenvalue weighted by Crippen LogP contribution is 2.59. The zero-order valence-electron chi connectivity index (χ0n) is 17.9. The topological polar surface area (TPSA) is 73.3 Å². The van der Waals surface area contributed by atoms with Crippen LogP contribution in [0.15, 0.2) is 97.1 Å². The van der Waals surface area contributed by atoms with Crippen molar-refractivity contribution in [1.82, 2.24) is 9.97 Å². The predicted octanol–water partition coefficient (Wildman–Crippen LogP) is 6.56. The van der Waals surface area contributed by atoms with Gasteiger partial charge in [-0.15, -0.1) is 0 Å². The molecule has 0 amide bonds. The lowest BCUT2D eigenvalue weighted by atomic mass is 10.3. The van der Waals surface area contributed by atoms with E-state index in [4.69, 9.17) is 9.05 Å². The van der Waals surface area contributed by atoms with Crippen LogP contribution in [0.4, 0.5) is 5.69 Å². The van der Waals surface area contributed by atoms with Crippen LogP contribution in [0.2, 0.25) is 0 Å². The molecule has 0 saturated heterocycles. The molecule has 0 bridgehead atoms. The van der Waals surface area contributed by atoms with E-state index in [0.29, 0.717) is 17.3 Å². The first-order valence-corrected chi connectivity index (χ1v) is 11.9. The van der Waals surface area contributed by atoms with Crippen LogP contribution < -0.4 is 14.4 Å². The minimum Gasteiger partial charge on any atom is -0.414 e. The molecule has 1 unspecified atom stereocenters. The van der Waals surface area contributed by atoms with E-state index >= 15 is 0 Å². The number of aryl methyl sites for hydroxylation is 2. The fourth-order valence-corrected chi connectivity index (χ4v) is 5.02.